The number of sulfonamides is 1. The lowest BCUT2D eigenvalue weighted by molar-refractivity contribution is -0.126. The van der Waals surface area contributed by atoms with Crippen LogP contribution in [0, 0.1) is 5.92 Å². The van der Waals surface area contributed by atoms with Gasteiger partial charge in [0.2, 0.25) is 15.9 Å². The average Bonchev–Trinajstić information content (AvgIpc) is 2.58. The summed E-state index contributed by atoms with van der Waals surface area (Å²) in [5.41, 5.74) is 0. The fourth-order valence-corrected chi connectivity index (χ4v) is 4.71. The van der Waals surface area contributed by atoms with Gasteiger partial charge in [0.15, 0.2) is 0 Å². The molecule has 1 heterocycles. The summed E-state index contributed by atoms with van der Waals surface area (Å²) in [6, 6.07) is 0.717. The first-order valence-corrected chi connectivity index (χ1v) is 11.2. The first kappa shape index (κ1) is 19.7. The number of nitrogens with zero attached hydrogens (tertiary/aromatic N) is 2. The van der Waals surface area contributed by atoms with Gasteiger partial charge in [-0.25, -0.2) is 12.7 Å². The van der Waals surface area contributed by atoms with Crippen molar-refractivity contribution in [1.82, 2.24) is 14.5 Å². The number of amides is 1. The van der Waals surface area contributed by atoms with Crippen LogP contribution in [0.4, 0.5) is 0 Å². The second-order valence-corrected chi connectivity index (χ2v) is 9.34. The standard InChI is InChI=1S/C17H33N3O3S/c1-19(16-7-4-3-5-8-16)12-6-11-18-17(21)15-9-13-20(14-10-15)24(2,22)23/h15-16H,3-14H2,1-2H3,(H,18,21). The molecule has 1 N–H and O–H groups in total. The van der Waals surface area contributed by atoms with Crippen LogP contribution in [0.15, 0.2) is 0 Å². The zero-order chi connectivity index (χ0) is 17.6. The van der Waals surface area contributed by atoms with Crippen LogP contribution in [-0.4, -0.2) is 69.1 Å². The van der Waals surface area contributed by atoms with E-state index in [0.717, 1.165) is 19.0 Å². The first-order valence-electron chi connectivity index (χ1n) is 9.31. The van der Waals surface area contributed by atoms with Crippen LogP contribution < -0.4 is 5.32 Å². The molecular formula is C17H33N3O3S. The number of hydrogen-bond acceptors (Lipinski definition) is 4. The maximum atomic E-state index is 12.2. The van der Waals surface area contributed by atoms with Crippen LogP contribution in [0.1, 0.15) is 51.4 Å². The molecule has 0 radical (unpaired) electrons. The number of carbonyl (C=O) groups excluding carboxylic acids is 1. The zero-order valence-corrected chi connectivity index (χ0v) is 16.0. The molecule has 0 aromatic carbocycles. The highest BCUT2D eigenvalue weighted by atomic mass is 32.2. The Labute approximate surface area is 147 Å². The Morgan fingerprint density at radius 2 is 1.75 bits per heavy atom. The molecule has 1 aliphatic heterocycles. The van der Waals surface area contributed by atoms with E-state index in [1.807, 2.05) is 0 Å². The van der Waals surface area contributed by atoms with Crippen LogP contribution in [-0.2, 0) is 14.8 Å². The van der Waals surface area contributed by atoms with Gasteiger partial charge < -0.3 is 10.2 Å². The van der Waals surface area contributed by atoms with Crippen LogP contribution in [0.2, 0.25) is 0 Å². The molecule has 0 spiro atoms. The number of hydrogen-bond donors (Lipinski definition) is 1. The largest absolute Gasteiger partial charge is 0.356 e. The highest BCUT2D eigenvalue weighted by molar-refractivity contribution is 7.88. The fourth-order valence-electron chi connectivity index (χ4n) is 3.84. The van der Waals surface area contributed by atoms with Crippen molar-refractivity contribution in [3.63, 3.8) is 0 Å². The van der Waals surface area contributed by atoms with Crippen LogP contribution in [0.5, 0.6) is 0 Å². The van der Waals surface area contributed by atoms with E-state index in [-0.39, 0.29) is 11.8 Å². The molecule has 0 aromatic rings. The lowest BCUT2D eigenvalue weighted by Gasteiger charge is -2.31. The minimum absolute atomic E-state index is 0.0425. The normalized spacial score (nSPS) is 22.0. The second-order valence-electron chi connectivity index (χ2n) is 7.35. The molecular weight excluding hydrogens is 326 g/mol. The Kier molecular flexibility index (Phi) is 7.50. The van der Waals surface area contributed by atoms with Crippen molar-refractivity contribution >= 4 is 15.9 Å². The van der Waals surface area contributed by atoms with Gasteiger partial charge in [0, 0.05) is 31.6 Å². The van der Waals surface area contributed by atoms with Gasteiger partial charge in [-0.3, -0.25) is 4.79 Å². The summed E-state index contributed by atoms with van der Waals surface area (Å²) in [6.45, 7) is 2.66. The van der Waals surface area contributed by atoms with Gasteiger partial charge in [0.25, 0.3) is 0 Å². The van der Waals surface area contributed by atoms with E-state index in [1.54, 1.807) is 0 Å². The monoisotopic (exact) mass is 359 g/mol. The Morgan fingerprint density at radius 3 is 2.33 bits per heavy atom. The Bertz CT molecular complexity index is 495. The SMILES string of the molecule is CN(CCCNC(=O)C1CCN(S(C)(=O)=O)CC1)C1CCCCC1. The first-order chi connectivity index (χ1) is 11.4. The van der Waals surface area contributed by atoms with Gasteiger partial charge in [-0.2, -0.15) is 0 Å². The van der Waals surface area contributed by atoms with Gasteiger partial charge in [-0.15, -0.1) is 0 Å². The summed E-state index contributed by atoms with van der Waals surface area (Å²) in [7, 11) is -0.927. The van der Waals surface area contributed by atoms with E-state index in [2.05, 4.69) is 17.3 Å². The maximum Gasteiger partial charge on any atom is 0.223 e. The quantitative estimate of drug-likeness (QED) is 0.698. The highest BCUT2D eigenvalue weighted by Crippen LogP contribution is 2.22. The molecule has 1 saturated carbocycles. The molecule has 1 saturated heterocycles. The average molecular weight is 360 g/mol. The topological polar surface area (TPSA) is 69.7 Å². The number of piperidine rings is 1. The molecule has 0 atom stereocenters. The fraction of sp³-hybridized carbons (Fsp3) is 0.941. The van der Waals surface area contributed by atoms with E-state index in [0.29, 0.717) is 32.5 Å². The van der Waals surface area contributed by atoms with Crippen LogP contribution >= 0.6 is 0 Å². The molecule has 0 bridgehead atoms. The van der Waals surface area contributed by atoms with Crippen molar-refractivity contribution in [2.45, 2.75) is 57.4 Å². The zero-order valence-electron chi connectivity index (χ0n) is 15.2. The van der Waals surface area contributed by atoms with E-state index < -0.39 is 10.0 Å². The van der Waals surface area contributed by atoms with Crippen molar-refractivity contribution in [1.29, 1.82) is 0 Å². The molecule has 1 amide bonds. The summed E-state index contributed by atoms with van der Waals surface area (Å²) in [6.07, 6.45) is 10.1. The minimum atomic E-state index is -3.12. The Hall–Kier alpha value is -0.660. The van der Waals surface area contributed by atoms with Crippen LogP contribution in [0.3, 0.4) is 0 Å². The maximum absolute atomic E-state index is 12.2. The molecule has 140 valence electrons. The lowest BCUT2D eigenvalue weighted by Crippen LogP contribution is -2.43. The summed E-state index contributed by atoms with van der Waals surface area (Å²) in [5.74, 6) is 0.0440. The molecule has 7 heteroatoms. The smallest absolute Gasteiger partial charge is 0.223 e. The second kappa shape index (κ2) is 9.15. The third-order valence-electron chi connectivity index (χ3n) is 5.48. The van der Waals surface area contributed by atoms with Crippen molar-refractivity contribution in [3.8, 4) is 0 Å². The van der Waals surface area contributed by atoms with Crippen LogP contribution in [0.25, 0.3) is 0 Å². The minimum Gasteiger partial charge on any atom is -0.356 e. The number of rotatable bonds is 7. The third-order valence-corrected chi connectivity index (χ3v) is 6.78. The van der Waals surface area contributed by atoms with E-state index in [9.17, 15) is 13.2 Å². The van der Waals surface area contributed by atoms with E-state index in [1.165, 1.54) is 42.7 Å². The summed E-state index contributed by atoms with van der Waals surface area (Å²) < 4.78 is 24.4. The predicted octanol–water partition coefficient (Wildman–Crippen LogP) is 1.43. The third kappa shape index (κ3) is 6.01. The van der Waals surface area contributed by atoms with Gasteiger partial charge in [-0.1, -0.05) is 19.3 Å². The van der Waals surface area contributed by atoms with Crippen molar-refractivity contribution in [2.75, 3.05) is 39.5 Å². The lowest BCUT2D eigenvalue weighted by atomic mass is 9.94. The number of nitrogens with one attached hydrogen (secondary N) is 1. The molecule has 0 unspecified atom stereocenters. The predicted molar refractivity (Wildman–Crippen MR) is 96.3 cm³/mol. The summed E-state index contributed by atoms with van der Waals surface area (Å²) >= 11 is 0. The molecule has 2 rings (SSSR count). The van der Waals surface area contributed by atoms with Gasteiger partial charge in [-0.05, 0) is 45.7 Å². The number of carbonyl (C=O) groups is 1. The molecule has 6 nitrogen and oxygen atoms in total. The van der Waals surface area contributed by atoms with Crippen molar-refractivity contribution < 1.29 is 13.2 Å². The molecule has 1 aliphatic carbocycles. The van der Waals surface area contributed by atoms with Crippen molar-refractivity contribution in [2.24, 2.45) is 5.92 Å². The molecule has 0 aromatic heterocycles. The molecule has 2 fully saturated rings. The molecule has 24 heavy (non-hydrogen) atoms. The van der Waals surface area contributed by atoms with Gasteiger partial charge in [0.1, 0.15) is 0 Å². The molecule has 2 aliphatic rings. The van der Waals surface area contributed by atoms with E-state index in [4.69, 9.17) is 0 Å². The van der Waals surface area contributed by atoms with E-state index >= 15 is 0 Å². The van der Waals surface area contributed by atoms with Crippen molar-refractivity contribution in [3.05, 3.63) is 0 Å². The summed E-state index contributed by atoms with van der Waals surface area (Å²) in [5, 5.41) is 3.03. The summed E-state index contributed by atoms with van der Waals surface area (Å²) in [4.78, 5) is 14.6. The Balaban J connectivity index is 1.60. The Morgan fingerprint density at radius 1 is 1.12 bits per heavy atom. The van der Waals surface area contributed by atoms with Gasteiger partial charge in [0.05, 0.1) is 6.26 Å². The van der Waals surface area contributed by atoms with Gasteiger partial charge >= 0.3 is 0 Å². The highest BCUT2D eigenvalue weighted by Gasteiger charge is 2.28.